The van der Waals surface area contributed by atoms with Crippen LogP contribution in [0.2, 0.25) is 10.0 Å². The predicted octanol–water partition coefficient (Wildman–Crippen LogP) is 4.78. The predicted molar refractivity (Wildman–Crippen MR) is 139 cm³/mol. The second kappa shape index (κ2) is 11.9. The third-order valence-electron chi connectivity index (χ3n) is 5.82. The van der Waals surface area contributed by atoms with Crippen LogP contribution in [0.15, 0.2) is 35.9 Å². The molecule has 1 fully saturated rings. The number of carbonyl (C=O) groups is 2. The molecule has 2 aromatic carbocycles. The summed E-state index contributed by atoms with van der Waals surface area (Å²) < 4.78 is 16.3. The van der Waals surface area contributed by atoms with E-state index in [0.29, 0.717) is 37.4 Å². The van der Waals surface area contributed by atoms with Crippen molar-refractivity contribution in [1.82, 2.24) is 9.80 Å². The van der Waals surface area contributed by atoms with Crippen LogP contribution in [0.3, 0.4) is 0 Å². The molecule has 1 aliphatic rings. The highest BCUT2D eigenvalue weighted by Crippen LogP contribution is 2.47. The molecule has 1 N–H and O–H groups in total. The van der Waals surface area contributed by atoms with Crippen LogP contribution in [0.5, 0.6) is 17.2 Å². The number of likely N-dealkylation sites (tertiary alicyclic amines) is 1. The Morgan fingerprint density at radius 1 is 1.11 bits per heavy atom. The molecule has 0 saturated carbocycles. The molecule has 2 aromatic rings. The van der Waals surface area contributed by atoms with Crippen LogP contribution >= 0.6 is 23.2 Å². The van der Waals surface area contributed by atoms with Crippen molar-refractivity contribution in [2.45, 2.75) is 19.4 Å². The largest absolute Gasteiger partial charge is 0.507 e. The first-order chi connectivity index (χ1) is 17.2. The monoisotopic (exact) mass is 536 g/mol. The maximum atomic E-state index is 13.3. The van der Waals surface area contributed by atoms with Gasteiger partial charge in [0.05, 0.1) is 43.0 Å². The van der Waals surface area contributed by atoms with Crippen LogP contribution in [0, 0.1) is 0 Å². The summed E-state index contributed by atoms with van der Waals surface area (Å²) in [5.41, 5.74) is 0.607. The lowest BCUT2D eigenvalue weighted by Gasteiger charge is -2.26. The lowest BCUT2D eigenvalue weighted by Crippen LogP contribution is -2.32. The van der Waals surface area contributed by atoms with Gasteiger partial charge in [0.15, 0.2) is 11.5 Å². The summed E-state index contributed by atoms with van der Waals surface area (Å²) in [6.07, 6.45) is 0.630. The lowest BCUT2D eigenvalue weighted by molar-refractivity contribution is -0.139. The van der Waals surface area contributed by atoms with Gasteiger partial charge in [-0.25, -0.2) is 0 Å². The van der Waals surface area contributed by atoms with Crippen molar-refractivity contribution in [3.05, 3.63) is 57.1 Å². The van der Waals surface area contributed by atoms with E-state index >= 15 is 0 Å². The summed E-state index contributed by atoms with van der Waals surface area (Å²) in [6, 6.07) is 7.66. The standard InChI is InChI=1S/C26H30Cl2N2O6/c1-6-36-16-10-7-9-15(13-16)21-19(23(32)26(33)30(21)12-8-11-29(2)3)22(31)17-14-18(27)25(35-5)20(28)24(17)34-4/h7,9-10,13-14,21,31H,6,8,11-12H2,1-5H3/b22-19+. The van der Waals surface area contributed by atoms with Crippen LogP contribution < -0.4 is 14.2 Å². The van der Waals surface area contributed by atoms with E-state index in [1.807, 2.05) is 25.9 Å². The third-order valence-corrected chi connectivity index (χ3v) is 6.45. The zero-order chi connectivity index (χ0) is 26.6. The molecule has 0 radical (unpaired) electrons. The molecule has 0 bridgehead atoms. The number of benzene rings is 2. The van der Waals surface area contributed by atoms with Gasteiger partial charge in [-0.05, 0) is 57.7 Å². The van der Waals surface area contributed by atoms with Crippen molar-refractivity contribution in [2.75, 3.05) is 48.0 Å². The van der Waals surface area contributed by atoms with Gasteiger partial charge < -0.3 is 29.1 Å². The van der Waals surface area contributed by atoms with Crippen LogP contribution in [0.25, 0.3) is 5.76 Å². The molecule has 1 atom stereocenters. The Morgan fingerprint density at radius 2 is 1.81 bits per heavy atom. The van der Waals surface area contributed by atoms with E-state index in [-0.39, 0.29) is 32.7 Å². The SMILES string of the molecule is CCOc1cccc(C2/C(=C(\O)c3cc(Cl)c(OC)c(Cl)c3OC)C(=O)C(=O)N2CCCN(C)C)c1. The fraction of sp³-hybridized carbons (Fsp3) is 0.385. The van der Waals surface area contributed by atoms with Crippen LogP contribution in [0.4, 0.5) is 0 Å². The van der Waals surface area contributed by atoms with Crippen molar-refractivity contribution in [3.63, 3.8) is 0 Å². The summed E-state index contributed by atoms with van der Waals surface area (Å²) in [5.74, 6) is -1.14. The van der Waals surface area contributed by atoms with Gasteiger partial charge in [0.2, 0.25) is 0 Å². The maximum absolute atomic E-state index is 13.3. The number of methoxy groups -OCH3 is 2. The smallest absolute Gasteiger partial charge is 0.295 e. The van der Waals surface area contributed by atoms with Crippen molar-refractivity contribution in [2.24, 2.45) is 0 Å². The molecular weight excluding hydrogens is 507 g/mol. The molecule has 0 spiro atoms. The third kappa shape index (κ3) is 5.40. The van der Waals surface area contributed by atoms with Crippen LogP contribution in [-0.2, 0) is 9.59 Å². The van der Waals surface area contributed by atoms with Crippen molar-refractivity contribution in [3.8, 4) is 17.2 Å². The molecule has 194 valence electrons. The van der Waals surface area contributed by atoms with E-state index in [2.05, 4.69) is 0 Å². The zero-order valence-corrected chi connectivity index (χ0v) is 22.4. The minimum absolute atomic E-state index is 0.0316. The van der Waals surface area contributed by atoms with Crippen LogP contribution in [0.1, 0.15) is 30.5 Å². The van der Waals surface area contributed by atoms with E-state index < -0.39 is 23.5 Å². The number of ether oxygens (including phenoxy) is 3. The number of halogens is 2. The normalized spacial score (nSPS) is 17.1. The highest BCUT2D eigenvalue weighted by atomic mass is 35.5. The first-order valence-electron chi connectivity index (χ1n) is 11.4. The Kier molecular flexibility index (Phi) is 9.11. The number of aliphatic hydroxyl groups is 1. The average Bonchev–Trinajstić information content (AvgIpc) is 3.09. The molecule has 10 heteroatoms. The summed E-state index contributed by atoms with van der Waals surface area (Å²) in [4.78, 5) is 30.0. The average molecular weight is 537 g/mol. The quantitative estimate of drug-likeness (QED) is 0.265. The Balaban J connectivity index is 2.23. The van der Waals surface area contributed by atoms with Gasteiger partial charge >= 0.3 is 0 Å². The fourth-order valence-corrected chi connectivity index (χ4v) is 4.93. The first-order valence-corrected chi connectivity index (χ1v) is 12.2. The molecule has 36 heavy (non-hydrogen) atoms. The number of ketones is 1. The summed E-state index contributed by atoms with van der Waals surface area (Å²) >= 11 is 12.8. The Morgan fingerprint density at radius 3 is 2.42 bits per heavy atom. The Hall–Kier alpha value is -2.94. The number of nitrogens with zero attached hydrogens (tertiary/aromatic N) is 2. The summed E-state index contributed by atoms with van der Waals surface area (Å²) in [6.45, 7) is 3.34. The highest BCUT2D eigenvalue weighted by Gasteiger charge is 2.46. The topological polar surface area (TPSA) is 88.5 Å². The van der Waals surface area contributed by atoms with Gasteiger partial charge in [0, 0.05) is 6.54 Å². The molecule has 1 heterocycles. The molecule has 3 rings (SSSR count). The summed E-state index contributed by atoms with van der Waals surface area (Å²) in [5, 5.41) is 11.6. The minimum Gasteiger partial charge on any atom is -0.507 e. The van der Waals surface area contributed by atoms with Gasteiger partial charge in [-0.1, -0.05) is 35.3 Å². The maximum Gasteiger partial charge on any atom is 0.295 e. The number of hydrogen-bond acceptors (Lipinski definition) is 7. The molecule has 1 unspecified atom stereocenters. The highest BCUT2D eigenvalue weighted by molar-refractivity contribution is 6.47. The zero-order valence-electron chi connectivity index (χ0n) is 20.9. The van der Waals surface area contributed by atoms with Gasteiger partial charge in [0.25, 0.3) is 11.7 Å². The Labute approximate surface area is 220 Å². The molecule has 1 aliphatic heterocycles. The molecule has 0 aromatic heterocycles. The van der Waals surface area contributed by atoms with Crippen molar-refractivity contribution < 1.29 is 28.9 Å². The second-order valence-corrected chi connectivity index (χ2v) is 9.23. The molecule has 1 saturated heterocycles. The second-order valence-electron chi connectivity index (χ2n) is 8.44. The van der Waals surface area contributed by atoms with E-state index in [1.165, 1.54) is 25.2 Å². The van der Waals surface area contributed by atoms with E-state index in [4.69, 9.17) is 37.4 Å². The minimum atomic E-state index is -0.850. The van der Waals surface area contributed by atoms with Crippen molar-refractivity contribution >= 4 is 40.7 Å². The summed E-state index contributed by atoms with van der Waals surface area (Å²) in [7, 11) is 6.63. The van der Waals surface area contributed by atoms with E-state index in [0.717, 1.165) is 0 Å². The van der Waals surface area contributed by atoms with Crippen LogP contribution in [-0.4, -0.2) is 74.6 Å². The first kappa shape index (κ1) is 27.6. The van der Waals surface area contributed by atoms with Crippen molar-refractivity contribution in [1.29, 1.82) is 0 Å². The number of Topliss-reactive ketones (excluding diaryl/α,β-unsaturated/α-hetero) is 1. The number of hydrogen-bond donors (Lipinski definition) is 1. The Bertz CT molecular complexity index is 1180. The molecule has 0 aliphatic carbocycles. The number of amides is 1. The lowest BCUT2D eigenvalue weighted by atomic mass is 9.94. The molecule has 8 nitrogen and oxygen atoms in total. The number of aliphatic hydroxyl groups excluding tert-OH is 1. The van der Waals surface area contributed by atoms with E-state index in [1.54, 1.807) is 24.3 Å². The fourth-order valence-electron chi connectivity index (χ4n) is 4.25. The van der Waals surface area contributed by atoms with Gasteiger partial charge in [0.1, 0.15) is 16.5 Å². The number of carbonyl (C=O) groups excluding carboxylic acids is 2. The molecular formula is C26H30Cl2N2O6. The number of rotatable bonds is 10. The van der Waals surface area contributed by atoms with Gasteiger partial charge in [-0.3, -0.25) is 9.59 Å². The van der Waals surface area contributed by atoms with Gasteiger partial charge in [-0.2, -0.15) is 0 Å². The van der Waals surface area contributed by atoms with Gasteiger partial charge in [-0.15, -0.1) is 0 Å². The van der Waals surface area contributed by atoms with E-state index in [9.17, 15) is 14.7 Å². The molecule has 1 amide bonds.